The fraction of sp³-hybridized carbons (Fsp3) is 0.0625. The van der Waals surface area contributed by atoms with Crippen LogP contribution in [0.4, 0.5) is 0 Å². The Kier molecular flexibility index (Phi) is 3.79. The van der Waals surface area contributed by atoms with Gasteiger partial charge < -0.3 is 4.74 Å². The number of benzene rings is 1. The van der Waals surface area contributed by atoms with Gasteiger partial charge in [-0.15, -0.1) is 0 Å². The molecule has 0 aliphatic carbocycles. The van der Waals surface area contributed by atoms with Gasteiger partial charge in [0.15, 0.2) is 5.82 Å². The maximum atomic E-state index is 6.12. The molecule has 3 rings (SSSR count). The fourth-order valence-electron chi connectivity index (χ4n) is 1.97. The molecule has 0 spiro atoms. The number of nitrogens with zero attached hydrogens (tertiary/aromatic N) is 3. The molecule has 0 unspecified atom stereocenters. The Morgan fingerprint density at radius 3 is 2.62 bits per heavy atom. The van der Waals surface area contributed by atoms with E-state index in [-0.39, 0.29) is 0 Å². The Labute approximate surface area is 127 Å². The molecule has 0 fully saturated rings. The maximum absolute atomic E-state index is 6.12. The SMILES string of the molecule is COc1cccc(-c2nc(Cl)cc(-c3cccnc3)n2)c1. The minimum Gasteiger partial charge on any atom is -0.497 e. The Morgan fingerprint density at radius 2 is 1.86 bits per heavy atom. The van der Waals surface area contributed by atoms with E-state index in [1.165, 1.54) is 0 Å². The predicted molar refractivity (Wildman–Crippen MR) is 82.3 cm³/mol. The summed E-state index contributed by atoms with van der Waals surface area (Å²) < 4.78 is 5.22. The van der Waals surface area contributed by atoms with Crippen LogP contribution in [-0.4, -0.2) is 22.1 Å². The third-order valence-corrected chi connectivity index (χ3v) is 3.17. The third kappa shape index (κ3) is 3.01. The summed E-state index contributed by atoms with van der Waals surface area (Å²) in [7, 11) is 1.62. The molecular formula is C16H12ClN3O. The monoisotopic (exact) mass is 297 g/mol. The number of rotatable bonds is 3. The Balaban J connectivity index is 2.09. The number of methoxy groups -OCH3 is 1. The van der Waals surface area contributed by atoms with Gasteiger partial charge in [0.2, 0.25) is 0 Å². The zero-order valence-electron chi connectivity index (χ0n) is 11.3. The molecule has 0 N–H and O–H groups in total. The molecule has 0 amide bonds. The van der Waals surface area contributed by atoms with Gasteiger partial charge in [-0.1, -0.05) is 23.7 Å². The number of halogens is 1. The van der Waals surface area contributed by atoms with Crippen molar-refractivity contribution in [2.75, 3.05) is 7.11 Å². The van der Waals surface area contributed by atoms with E-state index < -0.39 is 0 Å². The van der Waals surface area contributed by atoms with E-state index in [2.05, 4.69) is 15.0 Å². The zero-order chi connectivity index (χ0) is 14.7. The summed E-state index contributed by atoms with van der Waals surface area (Å²) in [6, 6.07) is 13.1. The number of hydrogen-bond donors (Lipinski definition) is 0. The zero-order valence-corrected chi connectivity index (χ0v) is 12.1. The van der Waals surface area contributed by atoms with Crippen molar-refractivity contribution in [3.63, 3.8) is 0 Å². The average Bonchev–Trinajstić information content (AvgIpc) is 2.55. The Morgan fingerprint density at radius 1 is 1.00 bits per heavy atom. The van der Waals surface area contributed by atoms with E-state index in [0.717, 1.165) is 22.6 Å². The molecule has 0 aliphatic heterocycles. The van der Waals surface area contributed by atoms with E-state index in [1.54, 1.807) is 25.6 Å². The van der Waals surface area contributed by atoms with Gasteiger partial charge >= 0.3 is 0 Å². The molecule has 104 valence electrons. The molecular weight excluding hydrogens is 286 g/mol. The van der Waals surface area contributed by atoms with Gasteiger partial charge in [0.25, 0.3) is 0 Å². The minimum atomic E-state index is 0.390. The van der Waals surface area contributed by atoms with E-state index in [0.29, 0.717) is 11.0 Å². The normalized spacial score (nSPS) is 10.4. The Bertz CT molecular complexity index is 762. The van der Waals surface area contributed by atoms with Crippen molar-refractivity contribution >= 4 is 11.6 Å². The van der Waals surface area contributed by atoms with Crippen molar-refractivity contribution in [3.8, 4) is 28.4 Å². The van der Waals surface area contributed by atoms with Crippen molar-refractivity contribution in [2.24, 2.45) is 0 Å². The number of pyridine rings is 1. The van der Waals surface area contributed by atoms with Crippen LogP contribution >= 0.6 is 11.6 Å². The topological polar surface area (TPSA) is 47.9 Å². The third-order valence-electron chi connectivity index (χ3n) is 2.98. The number of ether oxygens (including phenoxy) is 1. The maximum Gasteiger partial charge on any atom is 0.161 e. The first-order valence-electron chi connectivity index (χ1n) is 6.35. The molecule has 0 aliphatic rings. The predicted octanol–water partition coefficient (Wildman–Crippen LogP) is 3.87. The van der Waals surface area contributed by atoms with E-state index in [4.69, 9.17) is 16.3 Å². The van der Waals surface area contributed by atoms with Crippen LogP contribution < -0.4 is 4.74 Å². The van der Waals surface area contributed by atoms with Crippen molar-refractivity contribution in [1.82, 2.24) is 15.0 Å². The molecule has 1 aromatic carbocycles. The largest absolute Gasteiger partial charge is 0.497 e. The van der Waals surface area contributed by atoms with Gasteiger partial charge in [0.1, 0.15) is 10.9 Å². The first kappa shape index (κ1) is 13.5. The smallest absolute Gasteiger partial charge is 0.161 e. The second-order valence-electron chi connectivity index (χ2n) is 4.37. The van der Waals surface area contributed by atoms with Crippen molar-refractivity contribution < 1.29 is 4.74 Å². The quantitative estimate of drug-likeness (QED) is 0.689. The van der Waals surface area contributed by atoms with Gasteiger partial charge in [-0.05, 0) is 24.3 Å². The molecule has 0 atom stereocenters. The highest BCUT2D eigenvalue weighted by molar-refractivity contribution is 6.29. The highest BCUT2D eigenvalue weighted by atomic mass is 35.5. The van der Waals surface area contributed by atoms with Crippen LogP contribution in [0.3, 0.4) is 0 Å². The summed E-state index contributed by atoms with van der Waals surface area (Å²) in [5, 5.41) is 0.390. The number of hydrogen-bond acceptors (Lipinski definition) is 4. The van der Waals surface area contributed by atoms with Gasteiger partial charge in [-0.2, -0.15) is 0 Å². The lowest BCUT2D eigenvalue weighted by Crippen LogP contribution is -1.94. The van der Waals surface area contributed by atoms with Crippen LogP contribution in [0.15, 0.2) is 54.9 Å². The summed E-state index contributed by atoms with van der Waals surface area (Å²) in [4.78, 5) is 12.9. The van der Waals surface area contributed by atoms with Crippen molar-refractivity contribution in [1.29, 1.82) is 0 Å². The molecule has 3 aromatic rings. The van der Waals surface area contributed by atoms with E-state index in [1.807, 2.05) is 36.4 Å². The second kappa shape index (κ2) is 5.89. The highest BCUT2D eigenvalue weighted by Gasteiger charge is 2.08. The molecule has 21 heavy (non-hydrogen) atoms. The standard InChI is InChI=1S/C16H12ClN3O/c1-21-13-6-2-4-11(8-13)16-19-14(9-15(17)20-16)12-5-3-7-18-10-12/h2-10H,1H3. The van der Waals surface area contributed by atoms with Gasteiger partial charge in [0.05, 0.1) is 12.8 Å². The van der Waals surface area contributed by atoms with Crippen LogP contribution in [0.1, 0.15) is 0 Å². The molecule has 5 heteroatoms. The number of aromatic nitrogens is 3. The summed E-state index contributed by atoms with van der Waals surface area (Å²) in [6.07, 6.45) is 3.46. The summed E-state index contributed by atoms with van der Waals surface area (Å²) in [6.45, 7) is 0. The van der Waals surface area contributed by atoms with Crippen LogP contribution in [0.2, 0.25) is 5.15 Å². The molecule has 0 bridgehead atoms. The van der Waals surface area contributed by atoms with Gasteiger partial charge in [0, 0.05) is 29.6 Å². The van der Waals surface area contributed by atoms with Crippen LogP contribution in [0, 0.1) is 0 Å². The lowest BCUT2D eigenvalue weighted by molar-refractivity contribution is 0.415. The summed E-state index contributed by atoms with van der Waals surface area (Å²) in [5.74, 6) is 1.30. The second-order valence-corrected chi connectivity index (χ2v) is 4.76. The summed E-state index contributed by atoms with van der Waals surface area (Å²) in [5.41, 5.74) is 2.48. The van der Waals surface area contributed by atoms with Gasteiger partial charge in [-0.25, -0.2) is 9.97 Å². The van der Waals surface area contributed by atoms with Crippen LogP contribution in [0.5, 0.6) is 5.75 Å². The minimum absolute atomic E-state index is 0.390. The first-order chi connectivity index (χ1) is 10.3. The lowest BCUT2D eigenvalue weighted by atomic mass is 10.1. The molecule has 2 aromatic heterocycles. The average molecular weight is 298 g/mol. The lowest BCUT2D eigenvalue weighted by Gasteiger charge is -2.06. The first-order valence-corrected chi connectivity index (χ1v) is 6.73. The Hall–Kier alpha value is -2.46. The van der Waals surface area contributed by atoms with Crippen molar-refractivity contribution in [3.05, 3.63) is 60.0 Å². The van der Waals surface area contributed by atoms with Gasteiger partial charge in [-0.3, -0.25) is 4.98 Å². The van der Waals surface area contributed by atoms with Crippen molar-refractivity contribution in [2.45, 2.75) is 0 Å². The van der Waals surface area contributed by atoms with Crippen LogP contribution in [-0.2, 0) is 0 Å². The molecule has 0 saturated carbocycles. The molecule has 2 heterocycles. The fourth-order valence-corrected chi connectivity index (χ4v) is 2.15. The molecule has 0 radical (unpaired) electrons. The van der Waals surface area contributed by atoms with E-state index >= 15 is 0 Å². The molecule has 0 saturated heterocycles. The molecule has 4 nitrogen and oxygen atoms in total. The van der Waals surface area contributed by atoms with E-state index in [9.17, 15) is 0 Å². The highest BCUT2D eigenvalue weighted by Crippen LogP contribution is 2.25. The summed E-state index contributed by atoms with van der Waals surface area (Å²) >= 11 is 6.12. The van der Waals surface area contributed by atoms with Crippen LogP contribution in [0.25, 0.3) is 22.6 Å².